The number of benzene rings is 4. The molecule has 0 bridgehead atoms. The van der Waals surface area contributed by atoms with Gasteiger partial charge < -0.3 is 9.72 Å². The molecule has 1 fully saturated rings. The Morgan fingerprint density at radius 3 is 2.44 bits per heavy atom. The molecule has 32 heavy (non-hydrogen) atoms. The van der Waals surface area contributed by atoms with Crippen LogP contribution in [0.1, 0.15) is 19.3 Å². The third-order valence-corrected chi connectivity index (χ3v) is 7.42. The molecule has 6 heteroatoms. The fraction of sp³-hybridized carbons (Fsp3) is 0.192. The number of aromatic amines is 1. The molecule has 1 saturated carbocycles. The highest BCUT2D eigenvalue weighted by molar-refractivity contribution is 9.11. The molecule has 3 nitrogen and oxygen atoms in total. The van der Waals surface area contributed by atoms with E-state index in [4.69, 9.17) is 9.72 Å². The highest BCUT2D eigenvalue weighted by atomic mass is 79.9. The van der Waals surface area contributed by atoms with Crippen molar-refractivity contribution in [2.24, 2.45) is 5.92 Å². The summed E-state index contributed by atoms with van der Waals surface area (Å²) in [5, 5.41) is 4.42. The number of fused-ring (bicyclic) bond motifs is 6. The molecule has 0 unspecified atom stereocenters. The van der Waals surface area contributed by atoms with E-state index in [1.165, 1.54) is 25.0 Å². The first-order valence-electron chi connectivity index (χ1n) is 10.7. The molecule has 0 amide bonds. The molecule has 0 atom stereocenters. The highest BCUT2D eigenvalue weighted by Gasteiger charge is 2.21. The lowest BCUT2D eigenvalue weighted by atomic mass is 10.00. The van der Waals surface area contributed by atoms with Crippen LogP contribution in [0.2, 0.25) is 0 Å². The lowest BCUT2D eigenvalue weighted by Crippen LogP contribution is -1.98. The van der Waals surface area contributed by atoms with Crippen LogP contribution in [0.25, 0.3) is 44.0 Å². The van der Waals surface area contributed by atoms with Crippen molar-refractivity contribution >= 4 is 64.4 Å². The van der Waals surface area contributed by atoms with Crippen molar-refractivity contribution in [2.45, 2.75) is 19.3 Å². The van der Waals surface area contributed by atoms with Gasteiger partial charge in [-0.3, -0.25) is 0 Å². The highest BCUT2D eigenvalue weighted by Crippen LogP contribution is 2.40. The summed E-state index contributed by atoms with van der Waals surface area (Å²) in [6.45, 7) is 0.761. The maximum Gasteiger partial charge on any atom is 0.140 e. The Bertz CT molecular complexity index is 1480. The van der Waals surface area contributed by atoms with Crippen molar-refractivity contribution in [2.75, 3.05) is 6.61 Å². The van der Waals surface area contributed by atoms with E-state index in [9.17, 15) is 4.39 Å². The van der Waals surface area contributed by atoms with Gasteiger partial charge in [-0.05, 0) is 85.3 Å². The van der Waals surface area contributed by atoms with E-state index < -0.39 is 0 Å². The smallest absolute Gasteiger partial charge is 0.140 e. The molecule has 0 spiro atoms. The molecule has 0 radical (unpaired) electrons. The Labute approximate surface area is 201 Å². The van der Waals surface area contributed by atoms with Crippen LogP contribution in [0.15, 0.2) is 63.5 Å². The number of nitrogens with zero attached hydrogens (tertiary/aromatic N) is 1. The fourth-order valence-corrected chi connectivity index (χ4v) is 5.88. The van der Waals surface area contributed by atoms with E-state index in [0.717, 1.165) is 62.8 Å². The summed E-state index contributed by atoms with van der Waals surface area (Å²) < 4.78 is 21.2. The molecule has 1 aliphatic carbocycles. The molecule has 160 valence electrons. The normalized spacial score (nSPS) is 14.0. The first-order valence-corrected chi connectivity index (χ1v) is 12.3. The number of imidazole rings is 1. The molecule has 5 aromatic rings. The zero-order chi connectivity index (χ0) is 21.8. The van der Waals surface area contributed by atoms with Gasteiger partial charge in [-0.25, -0.2) is 9.37 Å². The van der Waals surface area contributed by atoms with E-state index in [2.05, 4.69) is 67.2 Å². The van der Waals surface area contributed by atoms with Crippen LogP contribution in [-0.4, -0.2) is 16.6 Å². The SMILES string of the molecule is Fc1cc(Br)c(-c2nc3c4ccccc4c4cc(OCCC5CC5)ccc4c3[nH]2)c(Br)c1. The topological polar surface area (TPSA) is 37.9 Å². The van der Waals surface area contributed by atoms with Gasteiger partial charge >= 0.3 is 0 Å². The van der Waals surface area contributed by atoms with Gasteiger partial charge in [-0.15, -0.1) is 0 Å². The van der Waals surface area contributed by atoms with E-state index in [1.807, 2.05) is 12.1 Å². The number of rotatable bonds is 5. The van der Waals surface area contributed by atoms with Gasteiger partial charge in [-0.1, -0.05) is 37.1 Å². The lowest BCUT2D eigenvalue weighted by molar-refractivity contribution is 0.303. The van der Waals surface area contributed by atoms with Gasteiger partial charge in [0.25, 0.3) is 0 Å². The second-order valence-electron chi connectivity index (χ2n) is 8.39. The zero-order valence-corrected chi connectivity index (χ0v) is 20.3. The van der Waals surface area contributed by atoms with E-state index >= 15 is 0 Å². The maximum atomic E-state index is 13.8. The molecule has 6 rings (SSSR count). The van der Waals surface area contributed by atoms with Crippen molar-refractivity contribution in [1.29, 1.82) is 0 Å². The Hall–Kier alpha value is -2.44. The Kier molecular flexibility index (Phi) is 4.95. The number of H-pyrrole nitrogens is 1. The van der Waals surface area contributed by atoms with Gasteiger partial charge in [0.05, 0.1) is 17.6 Å². The number of hydrogen-bond acceptors (Lipinski definition) is 2. The molecular weight excluding hydrogens is 535 g/mol. The average molecular weight is 554 g/mol. The standard InChI is InChI=1S/C26H19Br2FN2O/c27-21-11-15(29)12-22(28)23(21)26-30-24-18-4-2-1-3-17(18)20-13-16(32-10-9-14-5-6-14)7-8-19(20)25(24)31-26/h1-4,7-8,11-14H,5-6,9-10H2,(H,30,31). The predicted molar refractivity (Wildman–Crippen MR) is 135 cm³/mol. The summed E-state index contributed by atoms with van der Waals surface area (Å²) in [7, 11) is 0. The third kappa shape index (κ3) is 3.50. The number of hydrogen-bond donors (Lipinski definition) is 1. The van der Waals surface area contributed by atoms with E-state index in [-0.39, 0.29) is 5.82 Å². The maximum absolute atomic E-state index is 13.8. The summed E-state index contributed by atoms with van der Waals surface area (Å²) in [6, 6.07) is 17.5. The monoisotopic (exact) mass is 552 g/mol. The van der Waals surface area contributed by atoms with Crippen LogP contribution >= 0.6 is 31.9 Å². The molecule has 4 aromatic carbocycles. The van der Waals surface area contributed by atoms with Crippen molar-refractivity contribution in [1.82, 2.24) is 9.97 Å². The Balaban J connectivity index is 1.55. The second kappa shape index (κ2) is 7.85. The second-order valence-corrected chi connectivity index (χ2v) is 10.1. The molecule has 0 aliphatic heterocycles. The first-order chi connectivity index (χ1) is 15.6. The summed E-state index contributed by atoms with van der Waals surface area (Å²) in [6.07, 6.45) is 3.81. The van der Waals surface area contributed by atoms with Gasteiger partial charge in [0.1, 0.15) is 17.4 Å². The summed E-state index contributed by atoms with van der Waals surface area (Å²) >= 11 is 6.99. The first kappa shape index (κ1) is 20.2. The Morgan fingerprint density at radius 1 is 0.938 bits per heavy atom. The van der Waals surface area contributed by atoms with Crippen molar-refractivity contribution in [3.8, 4) is 17.1 Å². The van der Waals surface area contributed by atoms with Gasteiger partial charge in [0.15, 0.2) is 0 Å². The molecule has 0 saturated heterocycles. The third-order valence-electron chi connectivity index (χ3n) is 6.17. The molecule has 1 aliphatic rings. The largest absolute Gasteiger partial charge is 0.494 e. The minimum Gasteiger partial charge on any atom is -0.494 e. The molecule has 1 aromatic heterocycles. The van der Waals surface area contributed by atoms with Crippen LogP contribution in [0.5, 0.6) is 5.75 Å². The van der Waals surface area contributed by atoms with Gasteiger partial charge in [0, 0.05) is 25.3 Å². The van der Waals surface area contributed by atoms with Crippen molar-refractivity contribution < 1.29 is 9.13 Å². The number of aromatic nitrogens is 2. The van der Waals surface area contributed by atoms with Crippen LogP contribution in [-0.2, 0) is 0 Å². The van der Waals surface area contributed by atoms with E-state index in [0.29, 0.717) is 14.8 Å². The molecule has 1 N–H and O–H groups in total. The summed E-state index contributed by atoms with van der Waals surface area (Å²) in [5.74, 6) is 2.12. The van der Waals surface area contributed by atoms with Crippen LogP contribution in [0.3, 0.4) is 0 Å². The van der Waals surface area contributed by atoms with E-state index in [1.54, 1.807) is 0 Å². The predicted octanol–water partition coefficient (Wildman–Crippen LogP) is 8.38. The van der Waals surface area contributed by atoms with Gasteiger partial charge in [-0.2, -0.15) is 0 Å². The number of halogens is 3. The summed E-state index contributed by atoms with van der Waals surface area (Å²) in [5.41, 5.74) is 2.65. The van der Waals surface area contributed by atoms with Crippen LogP contribution < -0.4 is 4.74 Å². The Morgan fingerprint density at radius 2 is 1.69 bits per heavy atom. The zero-order valence-electron chi connectivity index (χ0n) is 17.1. The number of ether oxygens (including phenoxy) is 1. The minimum atomic E-state index is -0.311. The van der Waals surface area contributed by atoms with Gasteiger partial charge in [0.2, 0.25) is 0 Å². The minimum absolute atomic E-state index is 0.311. The molecule has 1 heterocycles. The molecular formula is C26H19Br2FN2O. The van der Waals surface area contributed by atoms with Crippen LogP contribution in [0, 0.1) is 11.7 Å². The van der Waals surface area contributed by atoms with Crippen LogP contribution in [0.4, 0.5) is 4.39 Å². The number of nitrogens with one attached hydrogen (secondary N) is 1. The average Bonchev–Trinajstić information content (AvgIpc) is 3.49. The lowest BCUT2D eigenvalue weighted by Gasteiger charge is -2.10. The van der Waals surface area contributed by atoms with Crippen molar-refractivity contribution in [3.05, 3.63) is 69.4 Å². The van der Waals surface area contributed by atoms with Crippen molar-refractivity contribution in [3.63, 3.8) is 0 Å². The quantitative estimate of drug-likeness (QED) is 0.222. The summed E-state index contributed by atoms with van der Waals surface area (Å²) in [4.78, 5) is 8.44. The fourth-order valence-electron chi connectivity index (χ4n) is 4.38.